The van der Waals surface area contributed by atoms with Crippen LogP contribution in [-0.4, -0.2) is 73.9 Å². The van der Waals surface area contributed by atoms with Gasteiger partial charge in [-0.1, -0.05) is 17.7 Å². The van der Waals surface area contributed by atoms with E-state index < -0.39 is 0 Å². The van der Waals surface area contributed by atoms with Gasteiger partial charge in [0, 0.05) is 99.4 Å². The minimum Gasteiger partial charge on any atom is -0.497 e. The van der Waals surface area contributed by atoms with Crippen molar-refractivity contribution in [3.8, 4) is 17.2 Å². The van der Waals surface area contributed by atoms with Gasteiger partial charge in [0.1, 0.15) is 36.9 Å². The van der Waals surface area contributed by atoms with Gasteiger partial charge in [-0.25, -0.2) is 9.46 Å². The number of hydrogen-bond acceptors (Lipinski definition) is 8. The molecule has 6 aromatic rings. The van der Waals surface area contributed by atoms with Gasteiger partial charge >= 0.3 is 0 Å². The van der Waals surface area contributed by atoms with E-state index in [1.807, 2.05) is 37.3 Å². The highest BCUT2D eigenvalue weighted by molar-refractivity contribution is 6.30. The number of benzene rings is 5. The van der Waals surface area contributed by atoms with E-state index in [9.17, 15) is 19.6 Å². The summed E-state index contributed by atoms with van der Waals surface area (Å²) in [4.78, 5) is 48.4. The van der Waals surface area contributed by atoms with Crippen molar-refractivity contribution in [2.45, 2.75) is 84.2 Å². The molecule has 5 aromatic carbocycles. The largest absolute Gasteiger partial charge is 0.497 e. The molecule has 0 bridgehead atoms. The number of carbonyl (C=O) groups excluding carboxylic acids is 3. The molecule has 69 heavy (non-hydrogen) atoms. The van der Waals surface area contributed by atoms with Crippen molar-refractivity contribution in [3.05, 3.63) is 150 Å². The summed E-state index contributed by atoms with van der Waals surface area (Å²) in [6.45, 7) is 6.87. The third-order valence-corrected chi connectivity index (χ3v) is 15.2. The van der Waals surface area contributed by atoms with Crippen molar-refractivity contribution in [1.29, 1.82) is 0 Å². The topological polar surface area (TPSA) is 134 Å². The number of anilines is 1. The van der Waals surface area contributed by atoms with Crippen LogP contribution in [0, 0.1) is 6.92 Å². The van der Waals surface area contributed by atoms with Gasteiger partial charge in [0.05, 0.1) is 24.6 Å². The van der Waals surface area contributed by atoms with Crippen molar-refractivity contribution in [1.82, 2.24) is 19.8 Å². The van der Waals surface area contributed by atoms with Gasteiger partial charge < -0.3 is 25.0 Å². The fourth-order valence-corrected chi connectivity index (χ4v) is 11.9. The van der Waals surface area contributed by atoms with Crippen molar-refractivity contribution in [2.24, 2.45) is 0 Å². The molecule has 0 radical (unpaired) electrons. The summed E-state index contributed by atoms with van der Waals surface area (Å²) in [6.07, 6.45) is 9.74. The molecule has 0 fully saturated rings. The number of amides is 2. The first-order chi connectivity index (χ1) is 33.7. The van der Waals surface area contributed by atoms with Crippen LogP contribution in [0.4, 0.5) is 5.69 Å². The SMILES string of the molecule is COc1ccc2c(c1)c(CC(=O)NCCCCNC(=O)c1ccc(C3=c4cc5c6c(c4Oc4c3cc3c7c4CCCN7CCC3)CCC[N+]=6CCC5)c(COO)c1)c(C)n2C(=O)c1ccc(Cl)cc1. The Balaban J connectivity index is 0.808. The lowest BCUT2D eigenvalue weighted by Crippen LogP contribution is -2.45. The number of aromatic nitrogens is 1. The van der Waals surface area contributed by atoms with Crippen LogP contribution in [0.5, 0.6) is 17.2 Å². The number of fused-ring (bicyclic) bond motifs is 5. The predicted octanol–water partition coefficient (Wildman–Crippen LogP) is 7.59. The van der Waals surface area contributed by atoms with Crippen LogP contribution < -0.4 is 40.2 Å². The minimum atomic E-state index is -0.227. The van der Waals surface area contributed by atoms with E-state index in [2.05, 4.69) is 32.2 Å². The Labute approximate surface area is 406 Å². The Bertz CT molecular complexity index is 3230. The van der Waals surface area contributed by atoms with E-state index in [1.165, 1.54) is 33.3 Å². The van der Waals surface area contributed by atoms with E-state index in [0.29, 0.717) is 64.6 Å². The molecule has 0 spiro atoms. The number of hydrogen-bond donors (Lipinski definition) is 3. The standard InChI is InChI=1S/C56H56ClN5O7/c1-33-44(45-30-40(67-2)18-20-48(45)62(33)56(65)34-13-16-39(57)17-14-34)31-49(63)58-21-3-4-22-59-55(64)37-15-19-41(38(27-37)32-68-66)50-46-28-35-9-5-23-60-25-7-11-42(51(35)60)53(46)69-54-43-12-8-26-61-24-6-10-36(52(43)61)29-47(50)54/h13-20,27-30H,3-12,21-26,31-32H2,1-2H3,(H2-,58,59,63,64,66)/p+1. The lowest BCUT2D eigenvalue weighted by atomic mass is 9.81. The van der Waals surface area contributed by atoms with Crippen LogP contribution in [0.25, 0.3) is 16.5 Å². The fraction of sp³-hybridized carbons (Fsp3) is 0.357. The maximum Gasteiger partial charge on any atom is 0.262 e. The molecule has 0 atom stereocenters. The van der Waals surface area contributed by atoms with Gasteiger partial charge in [0.2, 0.25) is 11.3 Å². The van der Waals surface area contributed by atoms with Crippen LogP contribution in [0.2, 0.25) is 5.02 Å². The molecular formula is C56H57ClN5O7+. The lowest BCUT2D eigenvalue weighted by molar-refractivity contribution is -0.253. The minimum absolute atomic E-state index is 0.0796. The van der Waals surface area contributed by atoms with E-state index in [-0.39, 0.29) is 30.7 Å². The average Bonchev–Trinajstić information content (AvgIpc) is 3.64. The number of unbranched alkanes of at least 4 members (excludes halogenated alkanes) is 1. The Hall–Kier alpha value is -6.47. The fourth-order valence-electron chi connectivity index (χ4n) is 11.8. The number of ether oxygens (including phenoxy) is 2. The summed E-state index contributed by atoms with van der Waals surface area (Å²) in [5.74, 6) is 1.92. The number of rotatable bonds is 13. The number of nitrogens with zero attached hydrogens (tertiary/aromatic N) is 3. The number of halogens is 1. The van der Waals surface area contributed by atoms with E-state index in [1.54, 1.807) is 42.0 Å². The van der Waals surface area contributed by atoms with Crippen molar-refractivity contribution >= 4 is 51.5 Å². The van der Waals surface area contributed by atoms with Crippen molar-refractivity contribution in [2.75, 3.05) is 51.3 Å². The van der Waals surface area contributed by atoms with Crippen LogP contribution >= 0.6 is 11.6 Å². The second-order valence-corrected chi connectivity index (χ2v) is 19.5. The first-order valence-electron chi connectivity index (χ1n) is 24.6. The number of methoxy groups -OCH3 is 1. The van der Waals surface area contributed by atoms with Crippen LogP contribution in [0.3, 0.4) is 0 Å². The van der Waals surface area contributed by atoms with E-state index in [4.69, 9.17) is 26.0 Å². The molecule has 13 heteroatoms. The molecule has 0 aliphatic carbocycles. The summed E-state index contributed by atoms with van der Waals surface area (Å²) in [5, 5.41) is 19.9. The number of carbonyl (C=O) groups is 3. The molecule has 1 aromatic heterocycles. The number of nitrogens with one attached hydrogen (secondary N) is 2. The Kier molecular flexibility index (Phi) is 12.3. The predicted molar refractivity (Wildman–Crippen MR) is 267 cm³/mol. The van der Waals surface area contributed by atoms with Gasteiger partial charge in [-0.3, -0.25) is 24.2 Å². The van der Waals surface area contributed by atoms with Gasteiger partial charge in [-0.05, 0) is 147 Å². The van der Waals surface area contributed by atoms with Crippen LogP contribution in [-0.2, 0) is 48.4 Å². The second-order valence-electron chi connectivity index (χ2n) is 19.1. The van der Waals surface area contributed by atoms with E-state index >= 15 is 0 Å². The summed E-state index contributed by atoms with van der Waals surface area (Å²) >= 11 is 6.10. The molecule has 2 amide bonds. The normalized spacial score (nSPS) is 15.4. The first-order valence-corrected chi connectivity index (χ1v) is 24.9. The molecule has 5 aliphatic rings. The van der Waals surface area contributed by atoms with Crippen molar-refractivity contribution < 1.29 is 34.0 Å². The van der Waals surface area contributed by atoms with Gasteiger partial charge in [0.25, 0.3) is 11.8 Å². The lowest BCUT2D eigenvalue weighted by Gasteiger charge is -2.39. The van der Waals surface area contributed by atoms with Crippen LogP contribution in [0.15, 0.2) is 72.8 Å². The molecule has 6 heterocycles. The maximum absolute atomic E-state index is 13.8. The van der Waals surface area contributed by atoms with Gasteiger partial charge in [-0.15, -0.1) is 0 Å². The zero-order valence-electron chi connectivity index (χ0n) is 39.3. The monoisotopic (exact) mass is 946 g/mol. The van der Waals surface area contributed by atoms with Crippen LogP contribution in [0.1, 0.15) is 109 Å². The average molecular weight is 948 g/mol. The molecule has 0 saturated heterocycles. The Morgan fingerprint density at radius 3 is 2.33 bits per heavy atom. The molecule has 11 rings (SSSR count). The molecule has 354 valence electrons. The third-order valence-electron chi connectivity index (χ3n) is 14.9. The highest BCUT2D eigenvalue weighted by atomic mass is 35.5. The molecule has 5 aliphatic heterocycles. The molecule has 0 unspecified atom stereocenters. The Morgan fingerprint density at radius 2 is 1.54 bits per heavy atom. The Morgan fingerprint density at radius 1 is 0.797 bits per heavy atom. The second kappa shape index (κ2) is 18.8. The van der Waals surface area contributed by atoms with E-state index in [0.717, 1.165) is 122 Å². The summed E-state index contributed by atoms with van der Waals surface area (Å²) < 4.78 is 16.9. The molecular weight excluding hydrogens is 890 g/mol. The third kappa shape index (κ3) is 8.15. The summed E-state index contributed by atoms with van der Waals surface area (Å²) in [6, 6.07) is 22.7. The van der Waals surface area contributed by atoms with Crippen molar-refractivity contribution in [3.63, 3.8) is 0 Å². The zero-order valence-corrected chi connectivity index (χ0v) is 40.0. The highest BCUT2D eigenvalue weighted by Gasteiger charge is 2.36. The van der Waals surface area contributed by atoms with Gasteiger partial charge in [-0.2, -0.15) is 0 Å². The smallest absolute Gasteiger partial charge is 0.262 e. The highest BCUT2D eigenvalue weighted by Crippen LogP contribution is 2.49. The summed E-state index contributed by atoms with van der Waals surface area (Å²) in [7, 11) is 1.59. The van der Waals surface area contributed by atoms with Gasteiger partial charge in [0.15, 0.2) is 0 Å². The maximum atomic E-state index is 13.8. The summed E-state index contributed by atoms with van der Waals surface area (Å²) in [5.41, 5.74) is 13.5. The zero-order chi connectivity index (χ0) is 47.3. The molecule has 12 nitrogen and oxygen atoms in total. The quantitative estimate of drug-likeness (QED) is 0.0466. The molecule has 0 saturated carbocycles. The number of aryl methyl sites for hydroxylation is 2. The molecule has 3 N–H and O–H groups in total. The first kappa shape index (κ1) is 45.0.